The molecule has 4 rings (SSSR count). The van der Waals surface area contributed by atoms with E-state index in [0.717, 1.165) is 35.8 Å². The lowest BCUT2D eigenvalue weighted by atomic mass is 10.1. The standard InChI is InChI=1S/C21H24FN3O5S2/c22-17-5-3-16(4-6-17)20(24-12-1-2-13-24)15-23-32(29,30)19-9-7-18(8-10-19)25-21(26)11-14-31(25,27)28/h3-10,20,23H,1-2,11-15H2/t20-/m1/s1. The highest BCUT2D eigenvalue weighted by molar-refractivity contribution is 7.94. The Morgan fingerprint density at radius 1 is 1.00 bits per heavy atom. The van der Waals surface area contributed by atoms with Crippen molar-refractivity contribution in [2.75, 3.05) is 29.7 Å². The molecular weight excluding hydrogens is 457 g/mol. The van der Waals surface area contributed by atoms with E-state index >= 15 is 0 Å². The molecule has 2 saturated heterocycles. The smallest absolute Gasteiger partial charge is 0.242 e. The first-order valence-corrected chi connectivity index (χ1v) is 13.4. The monoisotopic (exact) mass is 481 g/mol. The zero-order valence-electron chi connectivity index (χ0n) is 17.3. The Morgan fingerprint density at radius 3 is 2.19 bits per heavy atom. The predicted molar refractivity (Wildman–Crippen MR) is 117 cm³/mol. The average Bonchev–Trinajstić information content (AvgIpc) is 3.37. The van der Waals surface area contributed by atoms with Gasteiger partial charge in [0.05, 0.1) is 16.3 Å². The number of carbonyl (C=O) groups is 1. The highest BCUT2D eigenvalue weighted by Gasteiger charge is 2.36. The lowest BCUT2D eigenvalue weighted by Gasteiger charge is -2.28. The van der Waals surface area contributed by atoms with E-state index < -0.39 is 26.0 Å². The molecule has 11 heteroatoms. The molecule has 2 aromatic carbocycles. The van der Waals surface area contributed by atoms with Crippen LogP contribution in [-0.4, -0.2) is 53.0 Å². The van der Waals surface area contributed by atoms with Gasteiger partial charge >= 0.3 is 0 Å². The zero-order valence-corrected chi connectivity index (χ0v) is 18.9. The third-order valence-corrected chi connectivity index (χ3v) is 8.89. The molecule has 0 bridgehead atoms. The minimum absolute atomic E-state index is 0.0374. The number of hydrogen-bond acceptors (Lipinski definition) is 6. The van der Waals surface area contributed by atoms with Crippen molar-refractivity contribution in [3.8, 4) is 0 Å². The summed E-state index contributed by atoms with van der Waals surface area (Å²) in [5.74, 6) is -1.14. The van der Waals surface area contributed by atoms with E-state index in [1.165, 1.54) is 36.4 Å². The normalized spacial score (nSPS) is 20.0. The van der Waals surface area contributed by atoms with Crippen molar-refractivity contribution in [1.82, 2.24) is 9.62 Å². The summed E-state index contributed by atoms with van der Waals surface area (Å²) in [7, 11) is -7.60. The first-order valence-electron chi connectivity index (χ1n) is 10.3. The van der Waals surface area contributed by atoms with Crippen LogP contribution in [0, 0.1) is 5.82 Å². The average molecular weight is 482 g/mol. The summed E-state index contributed by atoms with van der Waals surface area (Å²) in [6.45, 7) is 1.77. The topological polar surface area (TPSA) is 104 Å². The Hall–Kier alpha value is -2.34. The lowest BCUT2D eigenvalue weighted by molar-refractivity contribution is -0.116. The Balaban J connectivity index is 1.51. The van der Waals surface area contributed by atoms with E-state index in [4.69, 9.17) is 0 Å². The van der Waals surface area contributed by atoms with Crippen LogP contribution in [0.15, 0.2) is 53.4 Å². The van der Waals surface area contributed by atoms with Gasteiger partial charge < -0.3 is 0 Å². The van der Waals surface area contributed by atoms with Crippen LogP contribution in [-0.2, 0) is 24.8 Å². The maximum atomic E-state index is 13.4. The third-order valence-electron chi connectivity index (χ3n) is 5.76. The molecule has 0 unspecified atom stereocenters. The van der Waals surface area contributed by atoms with Gasteiger partial charge in [0.2, 0.25) is 26.0 Å². The van der Waals surface area contributed by atoms with E-state index in [1.807, 2.05) is 0 Å². The van der Waals surface area contributed by atoms with Gasteiger partial charge in [0.1, 0.15) is 5.82 Å². The fraction of sp³-hybridized carbons (Fsp3) is 0.381. The van der Waals surface area contributed by atoms with Crippen molar-refractivity contribution in [3.63, 3.8) is 0 Å². The van der Waals surface area contributed by atoms with E-state index in [-0.39, 0.29) is 41.2 Å². The summed E-state index contributed by atoms with van der Waals surface area (Å²) in [5, 5.41) is 0. The zero-order chi connectivity index (χ0) is 22.9. The number of benzene rings is 2. The molecule has 0 aliphatic carbocycles. The van der Waals surface area contributed by atoms with Crippen LogP contribution in [0.5, 0.6) is 0 Å². The van der Waals surface area contributed by atoms with E-state index in [1.54, 1.807) is 12.1 Å². The molecule has 32 heavy (non-hydrogen) atoms. The van der Waals surface area contributed by atoms with Crippen LogP contribution in [0.4, 0.5) is 10.1 Å². The molecule has 0 radical (unpaired) electrons. The van der Waals surface area contributed by atoms with Gasteiger partial charge in [-0.05, 0) is 67.9 Å². The highest BCUT2D eigenvalue weighted by atomic mass is 32.2. The van der Waals surface area contributed by atoms with Gasteiger partial charge in [0, 0.05) is 19.0 Å². The van der Waals surface area contributed by atoms with Crippen LogP contribution < -0.4 is 9.03 Å². The second-order valence-corrected chi connectivity index (χ2v) is 11.6. The number of halogens is 1. The maximum Gasteiger partial charge on any atom is 0.242 e. The Kier molecular flexibility index (Phi) is 6.35. The molecule has 0 saturated carbocycles. The number of likely N-dealkylation sites (tertiary alicyclic amines) is 1. The van der Waals surface area contributed by atoms with Crippen LogP contribution in [0.2, 0.25) is 0 Å². The lowest BCUT2D eigenvalue weighted by Crippen LogP contribution is -2.36. The largest absolute Gasteiger partial charge is 0.295 e. The molecular formula is C21H24FN3O5S2. The van der Waals surface area contributed by atoms with E-state index in [2.05, 4.69) is 9.62 Å². The van der Waals surface area contributed by atoms with Gasteiger partial charge in [0.25, 0.3) is 0 Å². The van der Waals surface area contributed by atoms with Crippen LogP contribution in [0.3, 0.4) is 0 Å². The molecule has 0 spiro atoms. The van der Waals surface area contributed by atoms with Gasteiger partial charge in [-0.2, -0.15) is 0 Å². The second-order valence-electron chi connectivity index (χ2n) is 7.88. The molecule has 172 valence electrons. The van der Waals surface area contributed by atoms with Gasteiger partial charge in [-0.25, -0.2) is 30.3 Å². The van der Waals surface area contributed by atoms with Gasteiger partial charge in [-0.3, -0.25) is 9.69 Å². The number of anilines is 1. The van der Waals surface area contributed by atoms with Crippen LogP contribution in [0.1, 0.15) is 30.9 Å². The van der Waals surface area contributed by atoms with E-state index in [0.29, 0.717) is 0 Å². The number of rotatable bonds is 7. The molecule has 2 aromatic rings. The Morgan fingerprint density at radius 2 is 1.62 bits per heavy atom. The molecule has 2 fully saturated rings. The fourth-order valence-electron chi connectivity index (χ4n) is 4.10. The van der Waals surface area contributed by atoms with Gasteiger partial charge in [-0.15, -0.1) is 0 Å². The SMILES string of the molecule is O=C1CCS(=O)(=O)N1c1ccc(S(=O)(=O)NC[C@H](c2ccc(F)cc2)N2CCCC2)cc1. The molecule has 0 aromatic heterocycles. The summed E-state index contributed by atoms with van der Waals surface area (Å²) in [6.07, 6.45) is 1.94. The minimum Gasteiger partial charge on any atom is -0.295 e. The maximum absolute atomic E-state index is 13.4. The number of sulfonamides is 2. The van der Waals surface area contributed by atoms with Crippen molar-refractivity contribution in [1.29, 1.82) is 0 Å². The summed E-state index contributed by atoms with van der Waals surface area (Å²) in [6, 6.07) is 11.0. The minimum atomic E-state index is -3.89. The van der Waals surface area contributed by atoms with E-state index in [9.17, 15) is 26.0 Å². The first kappa shape index (κ1) is 22.8. The molecule has 1 N–H and O–H groups in total. The number of nitrogens with one attached hydrogen (secondary N) is 1. The number of amides is 1. The molecule has 8 nitrogen and oxygen atoms in total. The number of carbonyl (C=O) groups excluding carboxylic acids is 1. The second kappa shape index (κ2) is 8.89. The molecule has 2 aliphatic heterocycles. The highest BCUT2D eigenvalue weighted by Crippen LogP contribution is 2.28. The van der Waals surface area contributed by atoms with Crippen molar-refractivity contribution in [3.05, 3.63) is 59.9 Å². The Labute approximate surface area is 187 Å². The van der Waals surface area contributed by atoms with Gasteiger partial charge in [-0.1, -0.05) is 12.1 Å². The summed E-state index contributed by atoms with van der Waals surface area (Å²) in [5.41, 5.74) is 0.941. The summed E-state index contributed by atoms with van der Waals surface area (Å²) in [4.78, 5) is 14.1. The third kappa shape index (κ3) is 4.70. The van der Waals surface area contributed by atoms with Crippen molar-refractivity contribution in [2.45, 2.75) is 30.2 Å². The molecule has 2 aliphatic rings. The predicted octanol–water partition coefficient (Wildman–Crippen LogP) is 2.01. The van der Waals surface area contributed by atoms with Crippen molar-refractivity contribution in [2.24, 2.45) is 0 Å². The quantitative estimate of drug-likeness (QED) is 0.649. The van der Waals surface area contributed by atoms with Crippen LogP contribution >= 0.6 is 0 Å². The number of hydrogen-bond donors (Lipinski definition) is 1. The Bertz CT molecular complexity index is 1190. The molecule has 2 heterocycles. The molecule has 1 amide bonds. The van der Waals surface area contributed by atoms with Crippen molar-refractivity contribution >= 4 is 31.6 Å². The summed E-state index contributed by atoms with van der Waals surface area (Å²) < 4.78 is 66.6. The molecule has 1 atom stereocenters. The summed E-state index contributed by atoms with van der Waals surface area (Å²) >= 11 is 0. The van der Waals surface area contributed by atoms with Crippen LogP contribution in [0.25, 0.3) is 0 Å². The fourth-order valence-corrected chi connectivity index (χ4v) is 6.60. The first-order chi connectivity index (χ1) is 15.2. The number of nitrogens with zero attached hydrogens (tertiary/aromatic N) is 2. The van der Waals surface area contributed by atoms with Gasteiger partial charge in [0.15, 0.2) is 0 Å². The van der Waals surface area contributed by atoms with Crippen molar-refractivity contribution < 1.29 is 26.0 Å².